The normalized spacial score (nSPS) is 13.9. The van der Waals surface area contributed by atoms with Crippen molar-refractivity contribution >= 4 is 67.2 Å². The number of benzene rings is 2. The minimum atomic E-state index is -0.0566. The molecule has 5 aromatic rings. The largest absolute Gasteiger partial charge is 0.494 e. The number of anilines is 1. The molecule has 10 heteroatoms. The van der Waals surface area contributed by atoms with Crippen LogP contribution < -0.4 is 15.0 Å². The van der Waals surface area contributed by atoms with Gasteiger partial charge in [0.1, 0.15) is 11.3 Å². The zero-order valence-electron chi connectivity index (χ0n) is 21.8. The summed E-state index contributed by atoms with van der Waals surface area (Å²) in [7, 11) is 1.69. The van der Waals surface area contributed by atoms with Crippen LogP contribution in [-0.2, 0) is 0 Å². The molecule has 6 rings (SSSR count). The van der Waals surface area contributed by atoms with Crippen LogP contribution in [0.4, 0.5) is 5.13 Å². The number of para-hydroxylation sites is 1. The second kappa shape index (κ2) is 11.9. The number of piperazine rings is 1. The van der Waals surface area contributed by atoms with Crippen molar-refractivity contribution in [1.82, 2.24) is 20.2 Å². The summed E-state index contributed by atoms with van der Waals surface area (Å²) < 4.78 is 6.71. The molecular weight excluding hydrogens is 550 g/mol. The fourth-order valence-corrected chi connectivity index (χ4v) is 6.69. The standard InChI is InChI=1S/C29H29N5O2S2.ClH/c1-19-9-10-24(36-2)26-27(19)38-29(32-26)34-15-13-33(14-16-34)12-11-30-28(35)21-18-23(25-8-5-17-37-25)31-22-7-4-3-6-20(21)22;/h3-10,17-18H,11-16H2,1-2H3,(H,30,35);1H. The van der Waals surface area contributed by atoms with E-state index in [4.69, 9.17) is 14.7 Å². The highest BCUT2D eigenvalue weighted by Gasteiger charge is 2.22. The number of nitrogens with zero attached hydrogens (tertiary/aromatic N) is 4. The van der Waals surface area contributed by atoms with E-state index in [2.05, 4.69) is 28.1 Å². The topological polar surface area (TPSA) is 70.6 Å². The van der Waals surface area contributed by atoms with Gasteiger partial charge in [-0.05, 0) is 42.1 Å². The zero-order valence-corrected chi connectivity index (χ0v) is 24.3. The monoisotopic (exact) mass is 579 g/mol. The van der Waals surface area contributed by atoms with E-state index in [0.29, 0.717) is 12.1 Å². The Kier molecular flexibility index (Phi) is 8.32. The van der Waals surface area contributed by atoms with Gasteiger partial charge < -0.3 is 15.0 Å². The number of thiophene rings is 1. The van der Waals surface area contributed by atoms with Gasteiger partial charge in [-0.3, -0.25) is 9.69 Å². The van der Waals surface area contributed by atoms with Crippen LogP contribution in [0.5, 0.6) is 5.75 Å². The zero-order chi connectivity index (χ0) is 26.1. The van der Waals surface area contributed by atoms with Crippen molar-refractivity contribution < 1.29 is 9.53 Å². The second-order valence-electron chi connectivity index (χ2n) is 9.39. The molecule has 39 heavy (non-hydrogen) atoms. The van der Waals surface area contributed by atoms with E-state index >= 15 is 0 Å². The predicted molar refractivity (Wildman–Crippen MR) is 164 cm³/mol. The highest BCUT2D eigenvalue weighted by atomic mass is 35.5. The molecule has 1 aliphatic heterocycles. The Morgan fingerprint density at radius 3 is 2.64 bits per heavy atom. The first-order chi connectivity index (χ1) is 18.6. The number of hydrogen-bond acceptors (Lipinski definition) is 8. The number of amides is 1. The lowest BCUT2D eigenvalue weighted by Crippen LogP contribution is -2.48. The summed E-state index contributed by atoms with van der Waals surface area (Å²) in [5.41, 5.74) is 4.52. The van der Waals surface area contributed by atoms with Crippen molar-refractivity contribution in [3.63, 3.8) is 0 Å². The fourth-order valence-electron chi connectivity index (χ4n) is 4.90. The highest BCUT2D eigenvalue weighted by Crippen LogP contribution is 2.36. The molecule has 1 fully saturated rings. The van der Waals surface area contributed by atoms with Crippen molar-refractivity contribution in [3.8, 4) is 16.3 Å². The maximum atomic E-state index is 13.2. The molecule has 0 unspecified atom stereocenters. The first-order valence-electron chi connectivity index (χ1n) is 12.7. The molecule has 4 heterocycles. The third-order valence-corrected chi connectivity index (χ3v) is 9.15. The van der Waals surface area contributed by atoms with Gasteiger partial charge >= 0.3 is 0 Å². The average molecular weight is 580 g/mol. The van der Waals surface area contributed by atoms with Crippen molar-refractivity contribution in [1.29, 1.82) is 0 Å². The molecular formula is C29H30ClN5O2S2. The number of hydrogen-bond donors (Lipinski definition) is 1. The number of halogens is 1. The van der Waals surface area contributed by atoms with E-state index in [1.54, 1.807) is 29.8 Å². The molecule has 202 valence electrons. The molecule has 1 aliphatic rings. The molecule has 7 nitrogen and oxygen atoms in total. The van der Waals surface area contributed by atoms with Crippen LogP contribution in [0.15, 0.2) is 60.0 Å². The second-order valence-corrected chi connectivity index (χ2v) is 11.3. The van der Waals surface area contributed by atoms with Gasteiger partial charge in [0.05, 0.1) is 33.5 Å². The minimum Gasteiger partial charge on any atom is -0.494 e. The van der Waals surface area contributed by atoms with Crippen LogP contribution in [0.2, 0.25) is 0 Å². The van der Waals surface area contributed by atoms with Gasteiger partial charge in [-0.1, -0.05) is 41.7 Å². The molecule has 0 saturated carbocycles. The summed E-state index contributed by atoms with van der Waals surface area (Å²) in [6.45, 7) is 7.22. The van der Waals surface area contributed by atoms with E-state index in [-0.39, 0.29) is 18.3 Å². The lowest BCUT2D eigenvalue weighted by Gasteiger charge is -2.34. The van der Waals surface area contributed by atoms with E-state index in [1.165, 1.54) is 10.3 Å². The molecule has 0 aliphatic carbocycles. The number of ether oxygens (including phenoxy) is 1. The molecule has 1 saturated heterocycles. The highest BCUT2D eigenvalue weighted by molar-refractivity contribution is 7.22. The molecule has 1 amide bonds. The van der Waals surface area contributed by atoms with Gasteiger partial charge in [-0.2, -0.15) is 0 Å². The van der Waals surface area contributed by atoms with Crippen LogP contribution in [0, 0.1) is 6.92 Å². The number of pyridine rings is 1. The minimum absolute atomic E-state index is 0. The maximum absolute atomic E-state index is 13.2. The third-order valence-electron chi connectivity index (χ3n) is 7.00. The van der Waals surface area contributed by atoms with Crippen molar-refractivity contribution in [2.75, 3.05) is 51.3 Å². The Morgan fingerprint density at radius 1 is 1.05 bits per heavy atom. The number of aryl methyl sites for hydroxylation is 1. The summed E-state index contributed by atoms with van der Waals surface area (Å²) in [6, 6.07) is 17.9. The van der Waals surface area contributed by atoms with Crippen molar-refractivity contribution in [2.24, 2.45) is 0 Å². The molecule has 0 spiro atoms. The summed E-state index contributed by atoms with van der Waals surface area (Å²) in [6.07, 6.45) is 0. The lowest BCUT2D eigenvalue weighted by molar-refractivity contribution is 0.0949. The van der Waals surface area contributed by atoms with Gasteiger partial charge in [0.15, 0.2) is 5.13 Å². The van der Waals surface area contributed by atoms with Crippen molar-refractivity contribution in [3.05, 3.63) is 71.1 Å². The first-order valence-corrected chi connectivity index (χ1v) is 14.4. The quantitative estimate of drug-likeness (QED) is 0.260. The van der Waals surface area contributed by atoms with E-state index in [1.807, 2.05) is 53.9 Å². The van der Waals surface area contributed by atoms with Gasteiger partial charge in [-0.15, -0.1) is 23.7 Å². The Balaban J connectivity index is 0.00000308. The number of carbonyl (C=O) groups is 1. The van der Waals surface area contributed by atoms with Gasteiger partial charge in [-0.25, -0.2) is 9.97 Å². The van der Waals surface area contributed by atoms with Gasteiger partial charge in [0.25, 0.3) is 5.91 Å². The molecule has 0 radical (unpaired) electrons. The van der Waals surface area contributed by atoms with Crippen LogP contribution in [0.1, 0.15) is 15.9 Å². The van der Waals surface area contributed by atoms with E-state index in [9.17, 15) is 4.79 Å². The van der Waals surface area contributed by atoms with Crippen molar-refractivity contribution in [2.45, 2.75) is 6.92 Å². The number of methoxy groups -OCH3 is 1. The molecule has 1 N–H and O–H groups in total. The smallest absolute Gasteiger partial charge is 0.252 e. The number of carbonyl (C=O) groups excluding carboxylic acids is 1. The van der Waals surface area contributed by atoms with Crippen LogP contribution in [-0.4, -0.2) is 67.2 Å². The SMILES string of the molecule is COc1ccc(C)c2sc(N3CCN(CCNC(=O)c4cc(-c5cccs5)nc5ccccc45)CC3)nc12.Cl. The Morgan fingerprint density at radius 2 is 1.87 bits per heavy atom. The average Bonchev–Trinajstić information content (AvgIpc) is 3.65. The number of thiazole rings is 1. The molecule has 3 aromatic heterocycles. The lowest BCUT2D eigenvalue weighted by atomic mass is 10.1. The van der Waals surface area contributed by atoms with Crippen LogP contribution in [0.25, 0.3) is 31.7 Å². The maximum Gasteiger partial charge on any atom is 0.252 e. The molecule has 0 bridgehead atoms. The van der Waals surface area contributed by atoms with E-state index < -0.39 is 0 Å². The summed E-state index contributed by atoms with van der Waals surface area (Å²) in [5.74, 6) is 0.769. The van der Waals surface area contributed by atoms with Gasteiger partial charge in [0, 0.05) is 44.7 Å². The number of nitrogens with one attached hydrogen (secondary N) is 1. The summed E-state index contributed by atoms with van der Waals surface area (Å²) >= 11 is 3.37. The number of aromatic nitrogens is 2. The number of rotatable bonds is 7. The van der Waals surface area contributed by atoms with E-state index in [0.717, 1.165) is 70.6 Å². The summed E-state index contributed by atoms with van der Waals surface area (Å²) in [5, 5.41) is 7.10. The fraction of sp³-hybridized carbons (Fsp3) is 0.276. The van der Waals surface area contributed by atoms with Crippen LogP contribution >= 0.6 is 35.1 Å². The Bertz CT molecular complexity index is 1600. The van der Waals surface area contributed by atoms with Gasteiger partial charge in [0.2, 0.25) is 0 Å². The summed E-state index contributed by atoms with van der Waals surface area (Å²) in [4.78, 5) is 28.7. The van der Waals surface area contributed by atoms with Crippen LogP contribution in [0.3, 0.4) is 0 Å². The molecule has 0 atom stereocenters. The Labute approximate surface area is 241 Å². The molecule has 2 aromatic carbocycles. The third kappa shape index (κ3) is 5.58. The Hall–Kier alpha value is -3.24. The first kappa shape index (κ1) is 27.3. The number of fused-ring (bicyclic) bond motifs is 2. The predicted octanol–water partition coefficient (Wildman–Crippen LogP) is 5.86.